The molecule has 0 radical (unpaired) electrons. The molecule has 0 aromatic rings. The lowest BCUT2D eigenvalue weighted by Crippen LogP contribution is -2.67. The predicted octanol–water partition coefficient (Wildman–Crippen LogP) is 7.74. The van der Waals surface area contributed by atoms with Gasteiger partial charge in [0.1, 0.15) is 0 Å². The van der Waals surface area contributed by atoms with Crippen molar-refractivity contribution in [3.05, 3.63) is 12.2 Å². The van der Waals surface area contributed by atoms with E-state index in [0.717, 1.165) is 31.6 Å². The van der Waals surface area contributed by atoms with Gasteiger partial charge >= 0.3 is 5.97 Å². The highest BCUT2D eigenvalue weighted by atomic mass is 16.5. The first-order chi connectivity index (χ1) is 15.8. The van der Waals surface area contributed by atoms with Crippen molar-refractivity contribution in [1.29, 1.82) is 0 Å². The molecule has 5 saturated carbocycles. The summed E-state index contributed by atoms with van der Waals surface area (Å²) in [6.45, 7) is 19.3. The molecule has 5 aliphatic carbocycles. The number of ether oxygens (including phenoxy) is 1. The molecule has 0 heterocycles. The van der Waals surface area contributed by atoms with Crippen LogP contribution in [0.3, 0.4) is 0 Å². The Morgan fingerprint density at radius 1 is 0.853 bits per heavy atom. The van der Waals surface area contributed by atoms with Gasteiger partial charge in [0.25, 0.3) is 0 Å². The van der Waals surface area contributed by atoms with Crippen molar-refractivity contribution >= 4 is 5.97 Å². The van der Waals surface area contributed by atoms with E-state index in [4.69, 9.17) is 4.74 Å². The predicted molar refractivity (Wildman–Crippen MR) is 137 cm³/mol. The Balaban J connectivity index is 1.55. The summed E-state index contributed by atoms with van der Waals surface area (Å²) in [5, 5.41) is 10.5. The number of aliphatic carboxylic acids is 1. The highest BCUT2D eigenvalue weighted by Gasteiger charge is 2.72. The third kappa shape index (κ3) is 2.83. The number of hydrogen-bond acceptors (Lipinski definition) is 2. The maximum absolute atomic E-state index is 12.8. The molecule has 10 atom stereocenters. The molecule has 5 fully saturated rings. The van der Waals surface area contributed by atoms with Crippen LogP contribution in [0.2, 0.25) is 0 Å². The third-order valence-electron chi connectivity index (χ3n) is 13.7. The molecule has 5 aliphatic rings. The van der Waals surface area contributed by atoms with E-state index in [-0.39, 0.29) is 22.2 Å². The normalized spacial score (nSPS) is 53.7. The van der Waals surface area contributed by atoms with Crippen LogP contribution in [0.4, 0.5) is 0 Å². The van der Waals surface area contributed by atoms with Gasteiger partial charge in [0.15, 0.2) is 0 Å². The molecule has 5 rings (SSSR count). The summed E-state index contributed by atoms with van der Waals surface area (Å²) >= 11 is 0. The zero-order chi connectivity index (χ0) is 24.9. The summed E-state index contributed by atoms with van der Waals surface area (Å²) in [4.78, 5) is 12.8. The third-order valence-corrected chi connectivity index (χ3v) is 13.7. The number of fused-ring (bicyclic) bond motifs is 7. The lowest BCUT2D eigenvalue weighted by Gasteiger charge is -2.72. The molecular weight excluding hydrogens is 420 g/mol. The van der Waals surface area contributed by atoms with E-state index in [9.17, 15) is 9.90 Å². The van der Waals surface area contributed by atoms with Gasteiger partial charge in [-0.25, -0.2) is 0 Å². The van der Waals surface area contributed by atoms with E-state index in [1.165, 1.54) is 44.1 Å². The van der Waals surface area contributed by atoms with Crippen LogP contribution in [0.1, 0.15) is 106 Å². The van der Waals surface area contributed by atoms with Gasteiger partial charge in [-0.3, -0.25) is 4.79 Å². The minimum Gasteiger partial charge on any atom is -0.481 e. The smallest absolute Gasteiger partial charge is 0.309 e. The van der Waals surface area contributed by atoms with Crippen LogP contribution in [-0.4, -0.2) is 24.3 Å². The summed E-state index contributed by atoms with van der Waals surface area (Å²) in [7, 11) is 1.91. The van der Waals surface area contributed by atoms with Gasteiger partial charge < -0.3 is 9.84 Å². The number of allylic oxidation sites excluding steroid dienone is 1. The molecule has 0 aromatic carbocycles. The number of methoxy groups -OCH3 is 1. The van der Waals surface area contributed by atoms with Crippen LogP contribution in [0, 0.1) is 56.7 Å². The van der Waals surface area contributed by atoms with Crippen LogP contribution in [0.15, 0.2) is 12.2 Å². The summed E-state index contributed by atoms with van der Waals surface area (Å²) in [6.07, 6.45) is 11.7. The molecular formula is C31H50O3. The zero-order valence-electron chi connectivity index (χ0n) is 23.0. The summed E-state index contributed by atoms with van der Waals surface area (Å²) in [6, 6.07) is 0. The Bertz CT molecular complexity index is 876. The molecule has 0 saturated heterocycles. The van der Waals surface area contributed by atoms with Gasteiger partial charge in [-0.05, 0) is 122 Å². The van der Waals surface area contributed by atoms with Crippen molar-refractivity contribution in [2.45, 2.75) is 112 Å². The largest absolute Gasteiger partial charge is 0.481 e. The van der Waals surface area contributed by atoms with Gasteiger partial charge in [0.2, 0.25) is 0 Å². The van der Waals surface area contributed by atoms with Crippen molar-refractivity contribution in [3.63, 3.8) is 0 Å². The SMILES string of the molecule is C=C(C)[C@H]1CC[C@]2(C(=O)O)CC[C@@]3(C)[C@@H](CC[C@@H]4[C@@]5(C)CC[C@H](OC)C(C)(C)[C@H]5CC[C@@]43C)[C@H]12. The maximum Gasteiger partial charge on any atom is 0.309 e. The molecule has 34 heavy (non-hydrogen) atoms. The Kier molecular flexibility index (Phi) is 5.55. The fourth-order valence-corrected chi connectivity index (χ4v) is 11.9. The standard InChI is InChI=1S/C31H50O3/c1-19(2)20-11-16-31(26(32)33)18-17-29(6)21(25(20)31)9-10-23-28(5)14-13-24(34-8)27(3,4)22(28)12-15-30(23,29)7/h20-25H,1,9-18H2,2-8H3,(H,32,33)/t20-,21+,22-,23-,24+,25+,28+,29+,30+,31+/m1/s1. The Labute approximate surface area is 208 Å². The summed E-state index contributed by atoms with van der Waals surface area (Å²) in [5.41, 5.74) is 1.76. The second kappa shape index (κ2) is 7.59. The average molecular weight is 471 g/mol. The quantitative estimate of drug-likeness (QED) is 0.429. The van der Waals surface area contributed by atoms with Gasteiger partial charge in [0.05, 0.1) is 11.5 Å². The van der Waals surface area contributed by atoms with Crippen LogP contribution < -0.4 is 0 Å². The number of carboxylic acids is 1. The molecule has 0 aliphatic heterocycles. The van der Waals surface area contributed by atoms with E-state index in [0.29, 0.717) is 29.3 Å². The van der Waals surface area contributed by atoms with Crippen molar-refractivity contribution < 1.29 is 14.6 Å². The van der Waals surface area contributed by atoms with E-state index < -0.39 is 11.4 Å². The zero-order valence-corrected chi connectivity index (χ0v) is 23.0. The molecule has 0 bridgehead atoms. The fraction of sp³-hybridized carbons (Fsp3) is 0.903. The number of hydrogen-bond donors (Lipinski definition) is 1. The highest BCUT2D eigenvalue weighted by molar-refractivity contribution is 5.76. The molecule has 0 amide bonds. The number of carbonyl (C=O) groups is 1. The minimum atomic E-state index is -0.522. The topological polar surface area (TPSA) is 46.5 Å². The molecule has 3 nitrogen and oxygen atoms in total. The van der Waals surface area contributed by atoms with Gasteiger partial charge in [-0.1, -0.05) is 46.8 Å². The maximum atomic E-state index is 12.8. The van der Waals surface area contributed by atoms with Crippen molar-refractivity contribution in [2.75, 3.05) is 7.11 Å². The van der Waals surface area contributed by atoms with Crippen molar-refractivity contribution in [1.82, 2.24) is 0 Å². The lowest BCUT2D eigenvalue weighted by atomic mass is 9.32. The molecule has 3 heteroatoms. The van der Waals surface area contributed by atoms with Gasteiger partial charge in [-0.2, -0.15) is 0 Å². The van der Waals surface area contributed by atoms with Crippen LogP contribution >= 0.6 is 0 Å². The monoisotopic (exact) mass is 470 g/mol. The minimum absolute atomic E-state index is 0.211. The molecule has 0 aromatic heterocycles. The second-order valence-corrected chi connectivity index (χ2v) is 14.7. The lowest BCUT2D eigenvalue weighted by molar-refractivity contribution is -0.249. The van der Waals surface area contributed by atoms with E-state index in [2.05, 4.69) is 48.1 Å². The highest BCUT2D eigenvalue weighted by Crippen LogP contribution is 2.77. The van der Waals surface area contributed by atoms with Crippen LogP contribution in [-0.2, 0) is 9.53 Å². The molecule has 0 spiro atoms. The van der Waals surface area contributed by atoms with Gasteiger partial charge in [0, 0.05) is 7.11 Å². The van der Waals surface area contributed by atoms with Gasteiger partial charge in [-0.15, -0.1) is 0 Å². The van der Waals surface area contributed by atoms with E-state index >= 15 is 0 Å². The van der Waals surface area contributed by atoms with Crippen LogP contribution in [0.25, 0.3) is 0 Å². The summed E-state index contributed by atoms with van der Waals surface area (Å²) in [5.74, 6) is 2.05. The Morgan fingerprint density at radius 2 is 1.56 bits per heavy atom. The first kappa shape index (κ1) is 24.8. The Hall–Kier alpha value is -0.830. The Morgan fingerprint density at radius 3 is 2.18 bits per heavy atom. The van der Waals surface area contributed by atoms with Crippen molar-refractivity contribution in [3.8, 4) is 0 Å². The summed E-state index contributed by atoms with van der Waals surface area (Å²) < 4.78 is 6.02. The molecule has 192 valence electrons. The number of carboxylic acid groups (broad SMARTS) is 1. The first-order valence-electron chi connectivity index (χ1n) is 14.2. The van der Waals surface area contributed by atoms with E-state index in [1.807, 2.05) is 7.11 Å². The van der Waals surface area contributed by atoms with E-state index in [1.54, 1.807) is 0 Å². The average Bonchev–Trinajstić information content (AvgIpc) is 3.15. The van der Waals surface area contributed by atoms with Crippen molar-refractivity contribution in [2.24, 2.45) is 56.7 Å². The molecule has 1 N–H and O–H groups in total. The van der Waals surface area contributed by atoms with Crippen LogP contribution in [0.5, 0.6) is 0 Å². The number of rotatable bonds is 3. The fourth-order valence-electron chi connectivity index (χ4n) is 11.9. The second-order valence-electron chi connectivity index (χ2n) is 14.7. The molecule has 0 unspecified atom stereocenters. The first-order valence-corrected chi connectivity index (χ1v) is 14.2.